The number of aliphatic imine (C=N–C) groups is 1. The van der Waals surface area contributed by atoms with E-state index >= 15 is 0 Å². The van der Waals surface area contributed by atoms with Crippen molar-refractivity contribution < 1.29 is 9.47 Å². The van der Waals surface area contributed by atoms with E-state index in [1.165, 1.54) is 12.8 Å². The molecule has 2 fully saturated rings. The monoisotopic (exact) mass is 431 g/mol. The van der Waals surface area contributed by atoms with Crippen molar-refractivity contribution in [1.82, 2.24) is 10.6 Å². The standard InChI is InChI=1S/C17H25N3O2.HI/c1-18-17(20-15-12-14-8-9-16(15)22-14)19-10-5-11-21-13-6-3-2-4-7-13;/h2-4,6-7,14-16H,5,8-12H2,1H3,(H2,18,19,20);1H. The van der Waals surface area contributed by atoms with Gasteiger partial charge >= 0.3 is 0 Å². The summed E-state index contributed by atoms with van der Waals surface area (Å²) in [5.74, 6) is 1.78. The molecule has 3 unspecified atom stereocenters. The second-order valence-electron chi connectivity index (χ2n) is 5.87. The Balaban J connectivity index is 0.00000192. The van der Waals surface area contributed by atoms with Gasteiger partial charge in [0.25, 0.3) is 0 Å². The van der Waals surface area contributed by atoms with Crippen molar-refractivity contribution >= 4 is 29.9 Å². The molecule has 2 N–H and O–H groups in total. The van der Waals surface area contributed by atoms with Gasteiger partial charge in [0.1, 0.15) is 5.75 Å². The minimum absolute atomic E-state index is 0. The molecule has 23 heavy (non-hydrogen) atoms. The molecule has 2 aliphatic rings. The van der Waals surface area contributed by atoms with Crippen LogP contribution >= 0.6 is 24.0 Å². The van der Waals surface area contributed by atoms with Gasteiger partial charge in [0.15, 0.2) is 5.96 Å². The number of guanidine groups is 1. The Hall–Kier alpha value is -1.02. The Morgan fingerprint density at radius 1 is 1.30 bits per heavy atom. The van der Waals surface area contributed by atoms with Gasteiger partial charge in [-0.2, -0.15) is 0 Å². The van der Waals surface area contributed by atoms with Crippen molar-refractivity contribution in [2.24, 2.45) is 4.99 Å². The number of halogens is 1. The van der Waals surface area contributed by atoms with Crippen LogP contribution in [0.15, 0.2) is 35.3 Å². The van der Waals surface area contributed by atoms with Gasteiger partial charge in [-0.3, -0.25) is 4.99 Å². The molecule has 2 aliphatic heterocycles. The highest BCUT2D eigenvalue weighted by Crippen LogP contribution is 2.34. The largest absolute Gasteiger partial charge is 0.494 e. The summed E-state index contributed by atoms with van der Waals surface area (Å²) >= 11 is 0. The fraction of sp³-hybridized carbons (Fsp3) is 0.588. The van der Waals surface area contributed by atoms with E-state index in [0.717, 1.165) is 31.1 Å². The quantitative estimate of drug-likeness (QED) is 0.315. The van der Waals surface area contributed by atoms with Crippen molar-refractivity contribution in [2.75, 3.05) is 20.2 Å². The number of rotatable bonds is 6. The number of hydrogen-bond acceptors (Lipinski definition) is 3. The Morgan fingerprint density at radius 3 is 2.78 bits per heavy atom. The lowest BCUT2D eigenvalue weighted by molar-refractivity contribution is 0.0992. The maximum Gasteiger partial charge on any atom is 0.191 e. The van der Waals surface area contributed by atoms with E-state index in [1.54, 1.807) is 0 Å². The van der Waals surface area contributed by atoms with Gasteiger partial charge in [0.2, 0.25) is 0 Å². The van der Waals surface area contributed by atoms with Crippen molar-refractivity contribution in [2.45, 2.75) is 43.9 Å². The summed E-state index contributed by atoms with van der Waals surface area (Å²) < 4.78 is 11.5. The Labute approximate surface area is 155 Å². The average Bonchev–Trinajstić information content (AvgIpc) is 3.17. The van der Waals surface area contributed by atoms with Crippen molar-refractivity contribution in [3.63, 3.8) is 0 Å². The zero-order valence-corrected chi connectivity index (χ0v) is 15.9. The second-order valence-corrected chi connectivity index (χ2v) is 5.87. The van der Waals surface area contributed by atoms with Crippen LogP contribution in [0.25, 0.3) is 0 Å². The number of hydrogen-bond donors (Lipinski definition) is 2. The van der Waals surface area contributed by atoms with Gasteiger partial charge in [-0.1, -0.05) is 18.2 Å². The Kier molecular flexibility index (Phi) is 7.42. The van der Waals surface area contributed by atoms with Gasteiger partial charge in [0, 0.05) is 13.6 Å². The van der Waals surface area contributed by atoms with Gasteiger partial charge < -0.3 is 20.1 Å². The predicted molar refractivity (Wildman–Crippen MR) is 103 cm³/mol. The Bertz CT molecular complexity index is 498. The molecule has 2 bridgehead atoms. The van der Waals surface area contributed by atoms with Gasteiger partial charge in [-0.25, -0.2) is 0 Å². The molecule has 1 aromatic rings. The summed E-state index contributed by atoms with van der Waals surface area (Å²) in [6.45, 7) is 1.54. The molecule has 6 heteroatoms. The smallest absolute Gasteiger partial charge is 0.191 e. The fourth-order valence-corrected chi connectivity index (χ4v) is 3.15. The predicted octanol–water partition coefficient (Wildman–Crippen LogP) is 2.56. The summed E-state index contributed by atoms with van der Waals surface area (Å²) in [7, 11) is 1.81. The number of ether oxygens (including phenoxy) is 2. The summed E-state index contributed by atoms with van der Waals surface area (Å²) in [4.78, 5) is 4.29. The lowest BCUT2D eigenvalue weighted by atomic mass is 9.96. The molecule has 0 aliphatic carbocycles. The van der Waals surface area contributed by atoms with Crippen LogP contribution in [0, 0.1) is 0 Å². The van der Waals surface area contributed by atoms with E-state index in [0.29, 0.717) is 24.9 Å². The number of para-hydroxylation sites is 1. The van der Waals surface area contributed by atoms with Crippen LogP contribution < -0.4 is 15.4 Å². The third-order valence-electron chi connectivity index (χ3n) is 4.28. The van der Waals surface area contributed by atoms with E-state index in [9.17, 15) is 0 Å². The highest BCUT2D eigenvalue weighted by Gasteiger charge is 2.40. The fourth-order valence-electron chi connectivity index (χ4n) is 3.15. The highest BCUT2D eigenvalue weighted by atomic mass is 127. The second kappa shape index (κ2) is 9.32. The molecule has 5 nitrogen and oxygen atoms in total. The third-order valence-corrected chi connectivity index (χ3v) is 4.28. The lowest BCUT2D eigenvalue weighted by Crippen LogP contribution is -2.47. The number of fused-ring (bicyclic) bond motifs is 2. The number of nitrogens with zero attached hydrogens (tertiary/aromatic N) is 1. The highest BCUT2D eigenvalue weighted by molar-refractivity contribution is 14.0. The average molecular weight is 431 g/mol. The first-order valence-electron chi connectivity index (χ1n) is 8.15. The van der Waals surface area contributed by atoms with E-state index < -0.39 is 0 Å². The first-order chi connectivity index (χ1) is 10.8. The van der Waals surface area contributed by atoms with Gasteiger partial charge in [0.05, 0.1) is 24.9 Å². The normalized spacial score (nSPS) is 25.8. The molecule has 0 aromatic heterocycles. The molecule has 0 amide bonds. The van der Waals surface area contributed by atoms with E-state index in [1.807, 2.05) is 37.4 Å². The van der Waals surface area contributed by atoms with Crippen LogP contribution in [0.3, 0.4) is 0 Å². The number of nitrogens with one attached hydrogen (secondary N) is 2. The minimum atomic E-state index is 0. The van der Waals surface area contributed by atoms with E-state index in [-0.39, 0.29) is 24.0 Å². The van der Waals surface area contributed by atoms with Crippen molar-refractivity contribution in [3.05, 3.63) is 30.3 Å². The van der Waals surface area contributed by atoms with Crippen LogP contribution in [0.2, 0.25) is 0 Å². The van der Waals surface area contributed by atoms with Crippen molar-refractivity contribution in [3.8, 4) is 5.75 Å². The molecule has 3 atom stereocenters. The van der Waals surface area contributed by atoms with Crippen LogP contribution in [0.1, 0.15) is 25.7 Å². The molecule has 128 valence electrons. The zero-order valence-electron chi connectivity index (χ0n) is 13.5. The van der Waals surface area contributed by atoms with E-state index in [2.05, 4.69) is 15.6 Å². The molecule has 3 rings (SSSR count). The van der Waals surface area contributed by atoms with Crippen LogP contribution in [-0.2, 0) is 4.74 Å². The summed E-state index contributed by atoms with van der Waals surface area (Å²) in [6.07, 6.45) is 5.24. The zero-order chi connectivity index (χ0) is 15.2. The molecule has 2 saturated heterocycles. The third kappa shape index (κ3) is 5.24. The molecular formula is C17H26IN3O2. The first kappa shape index (κ1) is 18.3. The maximum absolute atomic E-state index is 5.86. The Morgan fingerprint density at radius 2 is 2.13 bits per heavy atom. The lowest BCUT2D eigenvalue weighted by Gasteiger charge is -2.22. The van der Waals surface area contributed by atoms with Crippen LogP contribution in [0.4, 0.5) is 0 Å². The minimum Gasteiger partial charge on any atom is -0.494 e. The van der Waals surface area contributed by atoms with Crippen LogP contribution in [0.5, 0.6) is 5.75 Å². The topological polar surface area (TPSA) is 54.9 Å². The first-order valence-corrected chi connectivity index (χ1v) is 8.15. The van der Waals surface area contributed by atoms with Gasteiger partial charge in [-0.05, 0) is 37.8 Å². The van der Waals surface area contributed by atoms with Gasteiger partial charge in [-0.15, -0.1) is 24.0 Å². The molecule has 0 radical (unpaired) electrons. The number of benzene rings is 1. The summed E-state index contributed by atoms with van der Waals surface area (Å²) in [5.41, 5.74) is 0. The molecule has 0 saturated carbocycles. The molecule has 1 aromatic carbocycles. The molecule has 0 spiro atoms. The maximum atomic E-state index is 5.86. The molecule has 2 heterocycles. The summed E-state index contributed by atoms with van der Waals surface area (Å²) in [6, 6.07) is 10.3. The molecular weight excluding hydrogens is 405 g/mol. The SMILES string of the molecule is CN=C(NCCCOc1ccccc1)NC1CC2CCC1O2.I. The van der Waals surface area contributed by atoms with Crippen LogP contribution in [-0.4, -0.2) is 44.4 Å². The summed E-state index contributed by atoms with van der Waals surface area (Å²) in [5, 5.41) is 6.82. The van der Waals surface area contributed by atoms with E-state index in [4.69, 9.17) is 9.47 Å². The van der Waals surface area contributed by atoms with Crippen molar-refractivity contribution in [1.29, 1.82) is 0 Å².